The molecule has 0 bridgehead atoms. The number of aromatic nitrogens is 2. The first-order valence-electron chi connectivity index (χ1n) is 12.0. The molecule has 1 N–H and O–H groups in total. The Morgan fingerprint density at radius 3 is 2.51 bits per heavy atom. The van der Waals surface area contributed by atoms with Gasteiger partial charge in [0.05, 0.1) is 11.0 Å². The van der Waals surface area contributed by atoms with E-state index in [-0.39, 0.29) is 11.5 Å². The van der Waals surface area contributed by atoms with Gasteiger partial charge in [0.25, 0.3) is 11.5 Å². The molecule has 1 atom stereocenters. The van der Waals surface area contributed by atoms with Crippen molar-refractivity contribution in [1.29, 1.82) is 0 Å². The van der Waals surface area contributed by atoms with Gasteiger partial charge in [-0.1, -0.05) is 80.4 Å². The number of hydrogen-bond acceptors (Lipinski definition) is 4. The number of hydrogen-bond donors (Lipinski definition) is 1. The van der Waals surface area contributed by atoms with Gasteiger partial charge in [-0.2, -0.15) is 0 Å². The van der Waals surface area contributed by atoms with Crippen LogP contribution in [0.1, 0.15) is 38.0 Å². The zero-order valence-electron chi connectivity index (χ0n) is 19.6. The second kappa shape index (κ2) is 9.97. The smallest absolute Gasteiger partial charge is 0.278 e. The minimum Gasteiger partial charge on any atom is -0.458 e. The van der Waals surface area contributed by atoms with Gasteiger partial charge in [-0.15, -0.1) is 0 Å². The number of benzene rings is 3. The minimum atomic E-state index is -0.980. The highest BCUT2D eigenvalue weighted by Gasteiger charge is 2.30. The summed E-state index contributed by atoms with van der Waals surface area (Å²) in [5, 5.41) is 3.91. The maximum atomic E-state index is 14.0. The molecule has 0 aliphatic carbocycles. The fourth-order valence-corrected chi connectivity index (χ4v) is 4.39. The van der Waals surface area contributed by atoms with Crippen molar-refractivity contribution in [3.05, 3.63) is 101 Å². The Balaban J connectivity index is 1.73. The molecule has 6 nitrogen and oxygen atoms in total. The van der Waals surface area contributed by atoms with Crippen molar-refractivity contribution < 1.29 is 9.21 Å². The number of nitrogens with one attached hydrogen (secondary N) is 1. The highest BCUT2D eigenvalue weighted by Crippen LogP contribution is 2.29. The van der Waals surface area contributed by atoms with Crippen molar-refractivity contribution in [1.82, 2.24) is 14.9 Å². The Morgan fingerprint density at radius 2 is 1.71 bits per heavy atom. The third-order valence-corrected chi connectivity index (χ3v) is 6.14. The average molecular weight is 466 g/mol. The predicted octanol–water partition coefficient (Wildman–Crippen LogP) is 5.71. The van der Waals surface area contributed by atoms with Crippen LogP contribution in [0.15, 0.2) is 94.1 Å². The largest absolute Gasteiger partial charge is 0.458 e. The van der Waals surface area contributed by atoms with Crippen LogP contribution in [0.5, 0.6) is 0 Å². The quantitative estimate of drug-likeness (QED) is 0.298. The number of nitrogens with zero attached hydrogens (tertiary/aromatic N) is 2. The van der Waals surface area contributed by atoms with E-state index in [9.17, 15) is 9.59 Å². The van der Waals surface area contributed by atoms with Gasteiger partial charge in [0.1, 0.15) is 17.0 Å². The van der Waals surface area contributed by atoms with E-state index in [0.717, 1.165) is 24.6 Å². The first-order chi connectivity index (χ1) is 17.2. The summed E-state index contributed by atoms with van der Waals surface area (Å²) in [5.41, 5.74) is 2.52. The molecule has 0 saturated heterocycles. The number of fused-ring (bicyclic) bond motifs is 2. The van der Waals surface area contributed by atoms with Gasteiger partial charge < -0.3 is 9.73 Å². The maximum absolute atomic E-state index is 14.0. The van der Waals surface area contributed by atoms with Crippen molar-refractivity contribution >= 4 is 27.9 Å². The molecule has 5 aromatic rings. The zero-order chi connectivity index (χ0) is 24.2. The third kappa shape index (κ3) is 4.47. The molecule has 2 aromatic heterocycles. The molecule has 0 aliphatic rings. The van der Waals surface area contributed by atoms with E-state index < -0.39 is 6.04 Å². The van der Waals surface area contributed by atoms with Crippen molar-refractivity contribution in [3.63, 3.8) is 0 Å². The molecule has 1 unspecified atom stereocenters. The molecule has 176 valence electrons. The van der Waals surface area contributed by atoms with Crippen molar-refractivity contribution in [2.24, 2.45) is 0 Å². The number of unbranched alkanes of at least 4 members (excludes halogenated alkanes) is 2. The summed E-state index contributed by atoms with van der Waals surface area (Å²) in [6.07, 6.45) is 2.94. The van der Waals surface area contributed by atoms with Gasteiger partial charge in [-0.05, 0) is 30.7 Å². The van der Waals surface area contributed by atoms with Gasteiger partial charge >= 0.3 is 0 Å². The Hall–Kier alpha value is -4.19. The highest BCUT2D eigenvalue weighted by atomic mass is 16.3. The lowest BCUT2D eigenvalue weighted by atomic mass is 10.1. The number of para-hydroxylation sites is 3. The molecular weight excluding hydrogens is 438 g/mol. The van der Waals surface area contributed by atoms with Crippen LogP contribution < -0.4 is 10.9 Å². The van der Waals surface area contributed by atoms with Gasteiger partial charge in [0, 0.05) is 17.5 Å². The summed E-state index contributed by atoms with van der Waals surface area (Å²) in [6, 6.07) is 25.2. The number of carbonyl (C=O) groups is 1. The summed E-state index contributed by atoms with van der Waals surface area (Å²) in [7, 11) is 0. The fourth-order valence-electron chi connectivity index (χ4n) is 4.39. The Bertz CT molecular complexity index is 1500. The molecule has 0 saturated carbocycles. The fraction of sp³-hybridized carbons (Fsp3) is 0.207. The second-order valence-corrected chi connectivity index (χ2v) is 8.58. The van der Waals surface area contributed by atoms with Crippen LogP contribution in [0.4, 0.5) is 0 Å². The number of rotatable bonds is 8. The number of carbonyl (C=O) groups excluding carboxylic acids is 1. The van der Waals surface area contributed by atoms with E-state index in [1.165, 1.54) is 4.57 Å². The van der Waals surface area contributed by atoms with E-state index in [2.05, 4.69) is 17.2 Å². The SMILES string of the molecule is CCCCCNC(=O)C(c1cc2ccccc2o1)n1c(=O)c(-c2ccccc2)nc2ccccc21. The lowest BCUT2D eigenvalue weighted by Gasteiger charge is -2.21. The summed E-state index contributed by atoms with van der Waals surface area (Å²) < 4.78 is 7.67. The normalized spacial score (nSPS) is 12.1. The van der Waals surface area contributed by atoms with Gasteiger partial charge in [0.2, 0.25) is 0 Å². The molecule has 3 aromatic carbocycles. The molecular formula is C29H27N3O3. The number of amides is 1. The monoisotopic (exact) mass is 465 g/mol. The number of furan rings is 1. The van der Waals surface area contributed by atoms with Crippen LogP contribution in [0.2, 0.25) is 0 Å². The van der Waals surface area contributed by atoms with Crippen LogP contribution in [0.25, 0.3) is 33.3 Å². The first-order valence-corrected chi connectivity index (χ1v) is 12.0. The molecule has 6 heteroatoms. The van der Waals surface area contributed by atoms with Crippen LogP contribution in [-0.2, 0) is 4.79 Å². The van der Waals surface area contributed by atoms with Crippen molar-refractivity contribution in [2.45, 2.75) is 32.2 Å². The molecule has 1 amide bonds. The summed E-state index contributed by atoms with van der Waals surface area (Å²) in [5.74, 6) is 0.134. The van der Waals surface area contributed by atoms with Gasteiger partial charge in [0.15, 0.2) is 6.04 Å². The third-order valence-electron chi connectivity index (χ3n) is 6.14. The molecule has 2 heterocycles. The molecule has 0 aliphatic heterocycles. The van der Waals surface area contributed by atoms with Crippen molar-refractivity contribution in [2.75, 3.05) is 6.54 Å². The lowest BCUT2D eigenvalue weighted by molar-refractivity contribution is -0.123. The highest BCUT2D eigenvalue weighted by molar-refractivity contribution is 5.88. The van der Waals surface area contributed by atoms with Crippen LogP contribution >= 0.6 is 0 Å². The molecule has 35 heavy (non-hydrogen) atoms. The molecule has 0 spiro atoms. The zero-order valence-corrected chi connectivity index (χ0v) is 19.6. The lowest BCUT2D eigenvalue weighted by Crippen LogP contribution is -2.39. The van der Waals surface area contributed by atoms with Crippen LogP contribution in [0.3, 0.4) is 0 Å². The summed E-state index contributed by atoms with van der Waals surface area (Å²) in [4.78, 5) is 32.3. The van der Waals surface area contributed by atoms with E-state index >= 15 is 0 Å². The Morgan fingerprint density at radius 1 is 0.971 bits per heavy atom. The van der Waals surface area contributed by atoms with Gasteiger partial charge in [-0.3, -0.25) is 14.2 Å². The van der Waals surface area contributed by atoms with E-state index in [4.69, 9.17) is 4.42 Å². The van der Waals surface area contributed by atoms with Crippen LogP contribution in [0, 0.1) is 0 Å². The van der Waals surface area contributed by atoms with E-state index in [1.807, 2.05) is 84.9 Å². The topological polar surface area (TPSA) is 77.1 Å². The first kappa shape index (κ1) is 22.6. The molecule has 0 radical (unpaired) electrons. The minimum absolute atomic E-state index is 0.280. The van der Waals surface area contributed by atoms with Gasteiger partial charge in [-0.25, -0.2) is 4.98 Å². The van der Waals surface area contributed by atoms with E-state index in [0.29, 0.717) is 40.2 Å². The predicted molar refractivity (Wildman–Crippen MR) is 138 cm³/mol. The Kier molecular flexibility index (Phi) is 6.44. The standard InChI is InChI=1S/C29H27N3O3/c1-2-3-11-18-30-28(33)27(25-19-21-14-7-10-17-24(21)35-25)32-23-16-9-8-15-22(23)31-26(29(32)34)20-12-5-4-6-13-20/h4-10,12-17,19,27H,2-3,11,18H2,1H3,(H,30,33). The summed E-state index contributed by atoms with van der Waals surface area (Å²) in [6.45, 7) is 2.65. The van der Waals surface area contributed by atoms with E-state index in [1.54, 1.807) is 0 Å². The second-order valence-electron chi connectivity index (χ2n) is 8.58. The maximum Gasteiger partial charge on any atom is 0.278 e. The molecule has 5 rings (SSSR count). The van der Waals surface area contributed by atoms with Crippen molar-refractivity contribution in [3.8, 4) is 11.3 Å². The molecule has 0 fully saturated rings. The Labute approximate surface area is 203 Å². The summed E-state index contributed by atoms with van der Waals surface area (Å²) >= 11 is 0. The van der Waals surface area contributed by atoms with Crippen LogP contribution in [-0.4, -0.2) is 22.0 Å². The average Bonchev–Trinajstić information content (AvgIpc) is 3.32.